The highest BCUT2D eigenvalue weighted by atomic mass is 16.2. The second kappa shape index (κ2) is 4.98. The number of rotatable bonds is 2. The minimum atomic E-state index is -0.0345. The molecule has 0 spiro atoms. The van der Waals surface area contributed by atoms with Crippen molar-refractivity contribution in [3.05, 3.63) is 47.3 Å². The van der Waals surface area contributed by atoms with Crippen LogP contribution in [0.5, 0.6) is 0 Å². The van der Waals surface area contributed by atoms with Gasteiger partial charge in [0.15, 0.2) is 5.69 Å². The van der Waals surface area contributed by atoms with Gasteiger partial charge >= 0.3 is 0 Å². The van der Waals surface area contributed by atoms with Gasteiger partial charge in [-0.25, -0.2) is 0 Å². The summed E-state index contributed by atoms with van der Waals surface area (Å²) < 4.78 is 0. The van der Waals surface area contributed by atoms with Crippen LogP contribution in [0.15, 0.2) is 30.3 Å². The van der Waals surface area contributed by atoms with Gasteiger partial charge in [0.2, 0.25) is 0 Å². The summed E-state index contributed by atoms with van der Waals surface area (Å²) in [6.07, 6.45) is 0. The molecule has 1 aromatic heterocycles. The Kier molecular flexibility index (Phi) is 3.27. The lowest BCUT2D eigenvalue weighted by Gasteiger charge is -2.25. The number of aromatic nitrogens is 3. The molecular weight excluding hydrogens is 264 g/mol. The molecule has 0 saturated carbocycles. The highest BCUT2D eigenvalue weighted by Gasteiger charge is 2.42. The molecule has 3 rings (SSSR count). The fourth-order valence-corrected chi connectivity index (χ4v) is 3.17. The molecule has 1 aliphatic rings. The van der Waals surface area contributed by atoms with Gasteiger partial charge in [0.25, 0.3) is 5.91 Å². The van der Waals surface area contributed by atoms with Crippen LogP contribution in [-0.2, 0) is 0 Å². The standard InChI is InChI=1S/C16H20N4O/c1-11-14(18-19-17-11)15(21)20-9-13(16(2,3)10-20)12-7-5-4-6-8-12/h4-8,13H,9-10H2,1-3H3,(H,17,18,19)/t13-/m0/s1. The largest absolute Gasteiger partial charge is 0.336 e. The summed E-state index contributed by atoms with van der Waals surface area (Å²) in [6, 6.07) is 10.4. The van der Waals surface area contributed by atoms with Crippen molar-refractivity contribution in [3.63, 3.8) is 0 Å². The van der Waals surface area contributed by atoms with Gasteiger partial charge in [0.1, 0.15) is 0 Å². The Hall–Kier alpha value is -2.17. The number of carbonyl (C=O) groups excluding carboxylic acids is 1. The zero-order valence-electron chi connectivity index (χ0n) is 12.6. The first kappa shape index (κ1) is 13.8. The molecule has 1 aromatic carbocycles. The van der Waals surface area contributed by atoms with Gasteiger partial charge in [0.05, 0.1) is 5.69 Å². The maximum Gasteiger partial charge on any atom is 0.276 e. The van der Waals surface area contributed by atoms with Crippen LogP contribution in [0.2, 0.25) is 0 Å². The van der Waals surface area contributed by atoms with Gasteiger partial charge in [0, 0.05) is 19.0 Å². The molecule has 0 aliphatic carbocycles. The minimum Gasteiger partial charge on any atom is -0.336 e. The highest BCUT2D eigenvalue weighted by molar-refractivity contribution is 5.93. The van der Waals surface area contributed by atoms with Gasteiger partial charge in [-0.3, -0.25) is 4.79 Å². The van der Waals surface area contributed by atoms with Crippen LogP contribution in [0, 0.1) is 12.3 Å². The maximum absolute atomic E-state index is 12.6. The predicted molar refractivity (Wildman–Crippen MR) is 80.0 cm³/mol. The van der Waals surface area contributed by atoms with E-state index in [9.17, 15) is 4.79 Å². The van der Waals surface area contributed by atoms with Gasteiger partial charge in [-0.1, -0.05) is 44.2 Å². The Labute approximate surface area is 124 Å². The summed E-state index contributed by atoms with van der Waals surface area (Å²) in [4.78, 5) is 14.5. The van der Waals surface area contributed by atoms with E-state index in [0.29, 0.717) is 17.3 Å². The smallest absolute Gasteiger partial charge is 0.276 e. The zero-order chi connectivity index (χ0) is 15.0. The molecule has 0 unspecified atom stereocenters. The lowest BCUT2D eigenvalue weighted by molar-refractivity contribution is 0.0771. The van der Waals surface area contributed by atoms with Crippen molar-refractivity contribution in [2.45, 2.75) is 26.7 Å². The quantitative estimate of drug-likeness (QED) is 0.921. The number of benzene rings is 1. The van der Waals surface area contributed by atoms with E-state index < -0.39 is 0 Å². The number of nitrogens with zero attached hydrogens (tertiary/aromatic N) is 3. The molecule has 2 heterocycles. The Morgan fingerprint density at radius 1 is 1.29 bits per heavy atom. The van der Waals surface area contributed by atoms with Crippen molar-refractivity contribution in [3.8, 4) is 0 Å². The van der Waals surface area contributed by atoms with Crippen molar-refractivity contribution in [2.75, 3.05) is 13.1 Å². The third kappa shape index (κ3) is 2.44. The maximum atomic E-state index is 12.6. The Bertz CT molecular complexity index is 647. The first-order chi connectivity index (χ1) is 9.99. The van der Waals surface area contributed by atoms with E-state index in [1.54, 1.807) is 6.92 Å². The average molecular weight is 284 g/mol. The summed E-state index contributed by atoms with van der Waals surface area (Å²) >= 11 is 0. The number of hydrogen-bond donors (Lipinski definition) is 1. The molecule has 1 fully saturated rings. The second-order valence-electron chi connectivity index (χ2n) is 6.40. The van der Waals surface area contributed by atoms with E-state index in [-0.39, 0.29) is 11.3 Å². The van der Waals surface area contributed by atoms with Gasteiger partial charge in [-0.05, 0) is 17.9 Å². The van der Waals surface area contributed by atoms with Crippen LogP contribution in [0.4, 0.5) is 0 Å². The Morgan fingerprint density at radius 3 is 2.62 bits per heavy atom. The molecule has 1 amide bonds. The summed E-state index contributed by atoms with van der Waals surface area (Å²) in [5.74, 6) is 0.308. The van der Waals surface area contributed by atoms with E-state index in [1.807, 2.05) is 11.0 Å². The number of nitrogens with one attached hydrogen (secondary N) is 1. The average Bonchev–Trinajstić information content (AvgIpc) is 3.02. The molecule has 0 bridgehead atoms. The van der Waals surface area contributed by atoms with Crippen LogP contribution in [-0.4, -0.2) is 39.3 Å². The number of H-pyrrole nitrogens is 1. The molecule has 1 atom stereocenters. The molecular formula is C16H20N4O. The SMILES string of the molecule is Cc1n[nH]nc1C(=O)N1C[C@@H](c2ccccc2)C(C)(C)C1. The van der Waals surface area contributed by atoms with Crippen LogP contribution < -0.4 is 0 Å². The molecule has 1 N–H and O–H groups in total. The van der Waals surface area contributed by atoms with Crippen LogP contribution in [0.3, 0.4) is 0 Å². The number of carbonyl (C=O) groups is 1. The highest BCUT2D eigenvalue weighted by Crippen LogP contribution is 2.42. The second-order valence-corrected chi connectivity index (χ2v) is 6.40. The van der Waals surface area contributed by atoms with Gasteiger partial charge in [-0.2, -0.15) is 15.4 Å². The van der Waals surface area contributed by atoms with Crippen LogP contribution >= 0.6 is 0 Å². The number of aryl methyl sites for hydroxylation is 1. The first-order valence-electron chi connectivity index (χ1n) is 7.20. The predicted octanol–water partition coefficient (Wildman–Crippen LogP) is 2.38. The minimum absolute atomic E-state index is 0.0345. The molecule has 2 aromatic rings. The molecule has 1 aliphatic heterocycles. The van der Waals surface area contributed by atoms with E-state index >= 15 is 0 Å². The lowest BCUT2D eigenvalue weighted by atomic mass is 9.78. The normalized spacial score (nSPS) is 20.7. The van der Waals surface area contributed by atoms with Crippen LogP contribution in [0.25, 0.3) is 0 Å². The van der Waals surface area contributed by atoms with Crippen LogP contribution in [0.1, 0.15) is 41.5 Å². The summed E-state index contributed by atoms with van der Waals surface area (Å²) in [5, 5.41) is 10.4. The van der Waals surface area contributed by atoms with E-state index in [4.69, 9.17) is 0 Å². The Balaban J connectivity index is 1.85. The van der Waals surface area contributed by atoms with Crippen molar-refractivity contribution in [1.82, 2.24) is 20.3 Å². The fraction of sp³-hybridized carbons (Fsp3) is 0.438. The third-order valence-electron chi connectivity index (χ3n) is 4.36. The van der Waals surface area contributed by atoms with Crippen molar-refractivity contribution >= 4 is 5.91 Å². The first-order valence-corrected chi connectivity index (χ1v) is 7.20. The Morgan fingerprint density at radius 2 is 2.00 bits per heavy atom. The fourth-order valence-electron chi connectivity index (χ4n) is 3.17. The number of likely N-dealkylation sites (tertiary alicyclic amines) is 1. The van der Waals surface area contributed by atoms with E-state index in [2.05, 4.69) is 53.5 Å². The van der Waals surface area contributed by atoms with Crippen molar-refractivity contribution < 1.29 is 4.79 Å². The molecule has 5 heteroatoms. The number of aromatic amines is 1. The van der Waals surface area contributed by atoms with Gasteiger partial charge < -0.3 is 4.90 Å². The third-order valence-corrected chi connectivity index (χ3v) is 4.36. The zero-order valence-corrected chi connectivity index (χ0v) is 12.6. The molecule has 21 heavy (non-hydrogen) atoms. The monoisotopic (exact) mass is 284 g/mol. The lowest BCUT2D eigenvalue weighted by Crippen LogP contribution is -2.31. The molecule has 1 saturated heterocycles. The van der Waals surface area contributed by atoms with E-state index in [0.717, 1.165) is 13.1 Å². The number of hydrogen-bond acceptors (Lipinski definition) is 3. The van der Waals surface area contributed by atoms with Crippen molar-refractivity contribution in [2.24, 2.45) is 5.41 Å². The molecule has 0 radical (unpaired) electrons. The topological polar surface area (TPSA) is 61.9 Å². The number of amides is 1. The summed E-state index contributed by atoms with van der Waals surface area (Å²) in [6.45, 7) is 7.69. The van der Waals surface area contributed by atoms with E-state index in [1.165, 1.54) is 5.56 Å². The van der Waals surface area contributed by atoms with Gasteiger partial charge in [-0.15, -0.1) is 0 Å². The van der Waals surface area contributed by atoms with Crippen molar-refractivity contribution in [1.29, 1.82) is 0 Å². The summed E-state index contributed by atoms with van der Waals surface area (Å²) in [7, 11) is 0. The molecule has 5 nitrogen and oxygen atoms in total. The summed E-state index contributed by atoms with van der Waals surface area (Å²) in [5.41, 5.74) is 2.42. The molecule has 110 valence electrons.